The highest BCUT2D eigenvalue weighted by atomic mass is 35.5. The third kappa shape index (κ3) is 1.97. The Kier molecular flexibility index (Phi) is 3.57. The summed E-state index contributed by atoms with van der Waals surface area (Å²) in [4.78, 5) is 12.1. The maximum atomic E-state index is 12.1. The molecule has 5 heteroatoms. The number of halogens is 1. The van der Waals surface area contributed by atoms with Crippen LogP contribution in [0.1, 0.15) is 24.0 Å². The lowest BCUT2D eigenvalue weighted by Gasteiger charge is -2.33. The molecule has 1 aliphatic rings. The summed E-state index contributed by atoms with van der Waals surface area (Å²) in [6.45, 7) is 0. The van der Waals surface area contributed by atoms with Gasteiger partial charge in [0.05, 0.1) is 13.3 Å². The van der Waals surface area contributed by atoms with Gasteiger partial charge in [0.2, 0.25) is 0 Å². The first kappa shape index (κ1) is 12.9. The fraction of sp³-hybridized carbons (Fsp3) is 0.385. The smallest absolute Gasteiger partial charge is 0.321 e. The number of carbonyl (C=O) groups excluding carboxylic acids is 1. The van der Waals surface area contributed by atoms with E-state index in [2.05, 4.69) is 5.16 Å². The van der Waals surface area contributed by atoms with Crippen molar-refractivity contribution >= 4 is 23.8 Å². The molecule has 2 rings (SSSR count). The number of ether oxygens (including phenoxy) is 1. The van der Waals surface area contributed by atoms with Gasteiger partial charge in [0.15, 0.2) is 0 Å². The van der Waals surface area contributed by atoms with Crippen molar-refractivity contribution in [3.8, 4) is 0 Å². The zero-order valence-corrected chi connectivity index (χ0v) is 10.8. The number of oxime groups is 1. The van der Waals surface area contributed by atoms with E-state index in [1.807, 2.05) is 6.07 Å². The van der Waals surface area contributed by atoms with Crippen molar-refractivity contribution in [2.45, 2.75) is 24.7 Å². The number of carbonyl (C=O) groups is 1. The number of hydrogen-bond acceptors (Lipinski definition) is 4. The Labute approximate surface area is 110 Å². The van der Waals surface area contributed by atoms with Crippen LogP contribution in [0.3, 0.4) is 0 Å². The number of esters is 1. The van der Waals surface area contributed by atoms with E-state index in [9.17, 15) is 4.79 Å². The van der Waals surface area contributed by atoms with Gasteiger partial charge in [0.1, 0.15) is 5.41 Å². The maximum absolute atomic E-state index is 12.1. The molecule has 0 aliphatic heterocycles. The molecule has 96 valence electrons. The number of benzene rings is 1. The summed E-state index contributed by atoms with van der Waals surface area (Å²) >= 11 is 5.96. The SMILES string of the molecule is COC(=O)[C@@]1(/C=N/O)CCCc2cc(Cl)ccc21. The summed E-state index contributed by atoms with van der Waals surface area (Å²) in [5.41, 5.74) is 0.809. The number of methoxy groups -OCH3 is 1. The second-order valence-corrected chi connectivity index (χ2v) is 4.80. The van der Waals surface area contributed by atoms with E-state index in [0.29, 0.717) is 11.4 Å². The van der Waals surface area contributed by atoms with Gasteiger partial charge in [-0.05, 0) is 42.5 Å². The molecule has 0 bridgehead atoms. The summed E-state index contributed by atoms with van der Waals surface area (Å²) in [6.07, 6.45) is 3.49. The highest BCUT2D eigenvalue weighted by Crippen LogP contribution is 2.38. The van der Waals surface area contributed by atoms with Crippen LogP contribution in [0.25, 0.3) is 0 Å². The first-order valence-corrected chi connectivity index (χ1v) is 6.08. The molecule has 0 fully saturated rings. The predicted molar refractivity (Wildman–Crippen MR) is 68.4 cm³/mol. The number of hydrogen-bond donors (Lipinski definition) is 1. The van der Waals surface area contributed by atoms with Crippen molar-refractivity contribution in [3.63, 3.8) is 0 Å². The Hall–Kier alpha value is -1.55. The average Bonchev–Trinajstić information content (AvgIpc) is 2.37. The van der Waals surface area contributed by atoms with E-state index < -0.39 is 11.4 Å². The standard InChI is InChI=1S/C13H14ClNO3/c1-18-12(16)13(8-15-17)6-2-3-9-7-10(14)4-5-11(9)13/h4-5,7-8,17H,2-3,6H2,1H3/b15-8+/t13-/m1/s1. The van der Waals surface area contributed by atoms with Crippen molar-refractivity contribution in [3.05, 3.63) is 34.3 Å². The molecule has 1 atom stereocenters. The molecule has 1 aromatic rings. The lowest BCUT2D eigenvalue weighted by atomic mass is 9.70. The van der Waals surface area contributed by atoms with Crippen molar-refractivity contribution in [2.75, 3.05) is 7.11 Å². The number of nitrogens with zero attached hydrogens (tertiary/aromatic N) is 1. The second kappa shape index (κ2) is 4.98. The van der Waals surface area contributed by atoms with E-state index in [1.165, 1.54) is 13.3 Å². The molecule has 0 unspecified atom stereocenters. The minimum absolute atomic E-state index is 0.413. The Morgan fingerprint density at radius 2 is 2.39 bits per heavy atom. The van der Waals surface area contributed by atoms with Gasteiger partial charge in [0, 0.05) is 5.02 Å². The van der Waals surface area contributed by atoms with E-state index in [-0.39, 0.29) is 0 Å². The molecule has 0 spiro atoms. The molecule has 0 radical (unpaired) electrons. The van der Waals surface area contributed by atoms with Crippen LogP contribution < -0.4 is 0 Å². The first-order valence-electron chi connectivity index (χ1n) is 5.70. The van der Waals surface area contributed by atoms with Crippen molar-refractivity contribution < 1.29 is 14.7 Å². The third-order valence-electron chi connectivity index (χ3n) is 3.39. The average molecular weight is 268 g/mol. The van der Waals surface area contributed by atoms with Crippen molar-refractivity contribution in [2.24, 2.45) is 5.16 Å². The Bertz CT molecular complexity index is 501. The number of aryl methyl sites for hydroxylation is 1. The van der Waals surface area contributed by atoms with Crippen LogP contribution in [-0.2, 0) is 21.4 Å². The Morgan fingerprint density at radius 1 is 1.61 bits per heavy atom. The molecule has 0 aromatic heterocycles. The quantitative estimate of drug-likeness (QED) is 0.388. The van der Waals surface area contributed by atoms with E-state index in [1.54, 1.807) is 12.1 Å². The van der Waals surface area contributed by atoms with Gasteiger partial charge >= 0.3 is 5.97 Å². The summed E-state index contributed by atoms with van der Waals surface area (Å²) in [6, 6.07) is 5.38. The number of fused-ring (bicyclic) bond motifs is 1. The summed E-state index contributed by atoms with van der Waals surface area (Å²) < 4.78 is 4.86. The molecule has 0 heterocycles. The zero-order valence-electron chi connectivity index (χ0n) is 10.0. The van der Waals surface area contributed by atoms with E-state index in [0.717, 1.165) is 24.0 Å². The fourth-order valence-electron chi connectivity index (χ4n) is 2.58. The van der Waals surface area contributed by atoms with E-state index >= 15 is 0 Å². The third-order valence-corrected chi connectivity index (χ3v) is 3.63. The molecule has 1 N–H and O–H groups in total. The van der Waals surface area contributed by atoms with E-state index in [4.69, 9.17) is 21.5 Å². The lowest BCUT2D eigenvalue weighted by Crippen LogP contribution is -2.41. The Morgan fingerprint density at radius 3 is 3.06 bits per heavy atom. The number of rotatable bonds is 2. The monoisotopic (exact) mass is 267 g/mol. The largest absolute Gasteiger partial charge is 0.468 e. The van der Waals surface area contributed by atoms with Gasteiger partial charge < -0.3 is 9.94 Å². The molecular weight excluding hydrogens is 254 g/mol. The van der Waals surface area contributed by atoms with Gasteiger partial charge in [-0.3, -0.25) is 4.79 Å². The van der Waals surface area contributed by atoms with Crippen LogP contribution in [0, 0.1) is 0 Å². The highest BCUT2D eigenvalue weighted by Gasteiger charge is 2.43. The molecule has 1 aliphatic carbocycles. The molecule has 1 aromatic carbocycles. The predicted octanol–water partition coefficient (Wildman–Crippen LogP) is 2.55. The first-order chi connectivity index (χ1) is 8.64. The van der Waals surface area contributed by atoms with Gasteiger partial charge in [-0.2, -0.15) is 0 Å². The molecule has 0 saturated heterocycles. The fourth-order valence-corrected chi connectivity index (χ4v) is 2.77. The van der Waals surface area contributed by atoms with Crippen LogP contribution in [-0.4, -0.2) is 24.5 Å². The van der Waals surface area contributed by atoms with Crippen LogP contribution >= 0.6 is 11.6 Å². The zero-order chi connectivity index (χ0) is 13.2. The topological polar surface area (TPSA) is 58.9 Å². The lowest BCUT2D eigenvalue weighted by molar-refractivity contribution is -0.145. The summed E-state index contributed by atoms with van der Waals surface area (Å²) in [7, 11) is 1.33. The second-order valence-electron chi connectivity index (χ2n) is 4.36. The van der Waals surface area contributed by atoms with Gasteiger partial charge in [-0.25, -0.2) is 0 Å². The Balaban J connectivity index is 2.61. The van der Waals surface area contributed by atoms with Gasteiger partial charge in [-0.1, -0.05) is 17.7 Å². The summed E-state index contributed by atoms with van der Waals surface area (Å²) in [5.74, 6) is -0.413. The minimum Gasteiger partial charge on any atom is -0.468 e. The van der Waals surface area contributed by atoms with Crippen LogP contribution in [0.15, 0.2) is 23.4 Å². The molecule has 18 heavy (non-hydrogen) atoms. The van der Waals surface area contributed by atoms with Crippen LogP contribution in [0.5, 0.6) is 0 Å². The molecule has 0 saturated carbocycles. The molecule has 4 nitrogen and oxygen atoms in total. The normalized spacial score (nSPS) is 22.8. The van der Waals surface area contributed by atoms with Gasteiger partial charge in [-0.15, -0.1) is 5.16 Å². The summed E-state index contributed by atoms with van der Waals surface area (Å²) in [5, 5.41) is 12.5. The van der Waals surface area contributed by atoms with Crippen LogP contribution in [0.2, 0.25) is 5.02 Å². The van der Waals surface area contributed by atoms with Gasteiger partial charge in [0.25, 0.3) is 0 Å². The maximum Gasteiger partial charge on any atom is 0.321 e. The minimum atomic E-state index is -0.998. The van der Waals surface area contributed by atoms with Crippen molar-refractivity contribution in [1.82, 2.24) is 0 Å². The molecular formula is C13H14ClNO3. The van der Waals surface area contributed by atoms with Crippen molar-refractivity contribution in [1.29, 1.82) is 0 Å². The van der Waals surface area contributed by atoms with Crippen LogP contribution in [0.4, 0.5) is 0 Å². The highest BCUT2D eigenvalue weighted by molar-refractivity contribution is 6.30. The molecule has 0 amide bonds.